The highest BCUT2D eigenvalue weighted by atomic mass is 16.4. The molecule has 5 N–H and O–H groups in total. The molecular formula is C13H21BNO3+. The summed E-state index contributed by atoms with van der Waals surface area (Å²) in [5, 5.41) is 18.7. The second-order valence-electron chi connectivity index (χ2n) is 4.77. The lowest BCUT2D eigenvalue weighted by molar-refractivity contribution is -0.397. The average molecular weight is 250 g/mol. The highest BCUT2D eigenvalue weighted by molar-refractivity contribution is 6.43. The fourth-order valence-corrected chi connectivity index (χ4v) is 1.85. The van der Waals surface area contributed by atoms with Crippen molar-refractivity contribution in [1.82, 2.24) is 0 Å². The molecule has 0 aliphatic carbocycles. The van der Waals surface area contributed by atoms with Gasteiger partial charge in [-0.2, -0.15) is 0 Å². The highest BCUT2D eigenvalue weighted by Crippen LogP contribution is 2.21. The Morgan fingerprint density at radius 3 is 2.44 bits per heavy atom. The van der Waals surface area contributed by atoms with E-state index in [2.05, 4.69) is 5.73 Å². The number of quaternary nitrogens is 1. The summed E-state index contributed by atoms with van der Waals surface area (Å²) in [4.78, 5) is 11.5. The van der Waals surface area contributed by atoms with Crippen LogP contribution in [0.15, 0.2) is 30.3 Å². The van der Waals surface area contributed by atoms with Crippen molar-refractivity contribution in [2.75, 3.05) is 0 Å². The van der Waals surface area contributed by atoms with Gasteiger partial charge in [0.05, 0.1) is 0 Å². The summed E-state index contributed by atoms with van der Waals surface area (Å²) in [7, 11) is -1.39. The van der Waals surface area contributed by atoms with Crippen molar-refractivity contribution in [3.63, 3.8) is 0 Å². The first kappa shape index (κ1) is 14.9. The number of ketones is 1. The van der Waals surface area contributed by atoms with E-state index in [1.165, 1.54) is 0 Å². The number of Topliss-reactive ketones (excluding diaryl/α,β-unsaturated/α-hetero) is 1. The van der Waals surface area contributed by atoms with Gasteiger partial charge in [0.2, 0.25) is 0 Å². The van der Waals surface area contributed by atoms with Crippen molar-refractivity contribution in [3.05, 3.63) is 35.9 Å². The first-order valence-electron chi connectivity index (χ1n) is 6.26. The minimum Gasteiger partial charge on any atom is -0.427 e. The Kier molecular flexibility index (Phi) is 6.05. The molecule has 0 aromatic heterocycles. The smallest absolute Gasteiger partial charge is 0.427 e. The Bertz CT molecular complexity index is 368. The summed E-state index contributed by atoms with van der Waals surface area (Å²) in [6.45, 7) is 1.75. The van der Waals surface area contributed by atoms with Gasteiger partial charge in [-0.15, -0.1) is 0 Å². The maximum atomic E-state index is 11.5. The second kappa shape index (κ2) is 7.31. The van der Waals surface area contributed by atoms with Gasteiger partial charge in [-0.3, -0.25) is 4.79 Å². The van der Waals surface area contributed by atoms with Gasteiger partial charge in [0.1, 0.15) is 6.04 Å². The number of carbonyl (C=O) groups is 1. The molecule has 0 fully saturated rings. The summed E-state index contributed by atoms with van der Waals surface area (Å²) < 4.78 is 0. The largest absolute Gasteiger partial charge is 0.455 e. The molecule has 98 valence electrons. The van der Waals surface area contributed by atoms with Crippen molar-refractivity contribution in [1.29, 1.82) is 0 Å². The molecule has 0 saturated heterocycles. The zero-order valence-corrected chi connectivity index (χ0v) is 10.7. The quantitative estimate of drug-likeness (QED) is 0.598. The Morgan fingerprint density at radius 2 is 1.94 bits per heavy atom. The molecule has 1 aromatic carbocycles. The first-order valence-corrected chi connectivity index (χ1v) is 6.26. The van der Waals surface area contributed by atoms with Gasteiger partial charge >= 0.3 is 7.12 Å². The molecule has 0 aliphatic rings. The molecule has 0 spiro atoms. The number of carbonyl (C=O) groups excluding carboxylic acids is 1. The lowest BCUT2D eigenvalue weighted by Crippen LogP contribution is -2.63. The van der Waals surface area contributed by atoms with Crippen LogP contribution in [0.25, 0.3) is 0 Å². The molecule has 4 nitrogen and oxygen atoms in total. The molecule has 0 saturated carbocycles. The molecule has 2 atom stereocenters. The molecule has 0 bridgehead atoms. The fraction of sp³-hybridized carbons (Fsp3) is 0.462. The van der Waals surface area contributed by atoms with Crippen molar-refractivity contribution < 1.29 is 20.6 Å². The predicted octanol–water partition coefficient (Wildman–Crippen LogP) is 0.0518. The van der Waals surface area contributed by atoms with E-state index in [0.717, 1.165) is 5.56 Å². The molecule has 18 heavy (non-hydrogen) atoms. The van der Waals surface area contributed by atoms with Crippen LogP contribution in [0.5, 0.6) is 0 Å². The summed E-state index contributed by atoms with van der Waals surface area (Å²) in [6, 6.07) is 9.40. The van der Waals surface area contributed by atoms with Crippen molar-refractivity contribution in [3.8, 4) is 0 Å². The van der Waals surface area contributed by atoms with E-state index < -0.39 is 7.12 Å². The Morgan fingerprint density at radius 1 is 1.33 bits per heavy atom. The highest BCUT2D eigenvalue weighted by Gasteiger charge is 2.25. The maximum Gasteiger partial charge on any atom is 0.455 e. The van der Waals surface area contributed by atoms with Crippen LogP contribution in [0.2, 0.25) is 5.82 Å². The van der Waals surface area contributed by atoms with Gasteiger partial charge in [0.25, 0.3) is 0 Å². The molecule has 1 aromatic rings. The van der Waals surface area contributed by atoms with Crippen molar-refractivity contribution >= 4 is 12.9 Å². The topological polar surface area (TPSA) is 85.2 Å². The Hall–Kier alpha value is -1.17. The van der Waals surface area contributed by atoms with Crippen LogP contribution < -0.4 is 5.73 Å². The van der Waals surface area contributed by atoms with Gasteiger partial charge in [-0.1, -0.05) is 30.3 Å². The zero-order chi connectivity index (χ0) is 13.5. The third kappa shape index (κ3) is 5.00. The van der Waals surface area contributed by atoms with Gasteiger partial charge in [-0.05, 0) is 31.1 Å². The van der Waals surface area contributed by atoms with Crippen LogP contribution in [0.3, 0.4) is 0 Å². The molecule has 0 unspecified atom stereocenters. The van der Waals surface area contributed by atoms with E-state index in [1.807, 2.05) is 30.3 Å². The van der Waals surface area contributed by atoms with Gasteiger partial charge in [0.15, 0.2) is 5.78 Å². The third-order valence-corrected chi connectivity index (χ3v) is 3.07. The lowest BCUT2D eigenvalue weighted by Gasteiger charge is -2.15. The molecule has 0 heterocycles. The SMILES string of the molecule is C[C@H]([NH3+])C(=O)CC[C@H](Cc1ccccc1)B(O)O. The van der Waals surface area contributed by atoms with Crippen LogP contribution in [0.1, 0.15) is 25.3 Å². The maximum absolute atomic E-state index is 11.5. The molecular weight excluding hydrogens is 229 g/mol. The lowest BCUT2D eigenvalue weighted by atomic mass is 9.67. The normalized spacial score (nSPS) is 14.0. The monoisotopic (exact) mass is 250 g/mol. The van der Waals surface area contributed by atoms with E-state index in [1.54, 1.807) is 6.92 Å². The summed E-state index contributed by atoms with van der Waals surface area (Å²) in [5.74, 6) is -0.246. The van der Waals surface area contributed by atoms with Crippen molar-refractivity contribution in [2.45, 2.75) is 38.0 Å². The minimum absolute atomic E-state index is 0.0636. The van der Waals surface area contributed by atoms with E-state index in [9.17, 15) is 14.8 Å². The number of hydrogen-bond acceptors (Lipinski definition) is 3. The summed E-state index contributed by atoms with van der Waals surface area (Å²) in [5.41, 5.74) is 4.72. The van der Waals surface area contributed by atoms with E-state index in [4.69, 9.17) is 0 Å². The third-order valence-electron chi connectivity index (χ3n) is 3.07. The Labute approximate surface area is 108 Å². The van der Waals surface area contributed by atoms with Gasteiger partial charge < -0.3 is 15.8 Å². The van der Waals surface area contributed by atoms with Crippen LogP contribution in [0.4, 0.5) is 0 Å². The first-order chi connectivity index (χ1) is 8.50. The van der Waals surface area contributed by atoms with Gasteiger partial charge in [0, 0.05) is 6.42 Å². The van der Waals surface area contributed by atoms with Crippen LogP contribution in [0, 0.1) is 0 Å². The standard InChI is InChI=1S/C13H20BNO3/c1-10(15)13(16)8-7-12(14(17)18)9-11-5-3-2-4-6-11/h2-6,10,12,17-18H,7-9,15H2,1H3/p+1/t10-,12+/m0/s1. The molecule has 0 radical (unpaired) electrons. The molecule has 1 rings (SSSR count). The van der Waals surface area contributed by atoms with E-state index in [-0.39, 0.29) is 17.6 Å². The van der Waals surface area contributed by atoms with Crippen LogP contribution in [-0.4, -0.2) is 29.0 Å². The number of rotatable bonds is 7. The summed E-state index contributed by atoms with van der Waals surface area (Å²) >= 11 is 0. The van der Waals surface area contributed by atoms with Crippen LogP contribution in [-0.2, 0) is 11.2 Å². The second-order valence-corrected chi connectivity index (χ2v) is 4.77. The summed E-state index contributed by atoms with van der Waals surface area (Å²) in [6.07, 6.45) is 1.39. The number of benzene rings is 1. The Balaban J connectivity index is 2.53. The molecule has 0 aliphatic heterocycles. The number of hydrogen-bond donors (Lipinski definition) is 3. The molecule has 0 amide bonds. The fourth-order valence-electron chi connectivity index (χ4n) is 1.85. The minimum atomic E-state index is -1.39. The van der Waals surface area contributed by atoms with Crippen LogP contribution >= 0.6 is 0 Å². The molecule has 5 heteroatoms. The van der Waals surface area contributed by atoms with E-state index >= 15 is 0 Å². The predicted molar refractivity (Wildman–Crippen MR) is 70.7 cm³/mol. The van der Waals surface area contributed by atoms with Crippen molar-refractivity contribution in [2.24, 2.45) is 0 Å². The van der Waals surface area contributed by atoms with Gasteiger partial charge in [-0.25, -0.2) is 0 Å². The van der Waals surface area contributed by atoms with E-state index in [0.29, 0.717) is 19.3 Å². The zero-order valence-electron chi connectivity index (χ0n) is 10.7. The average Bonchev–Trinajstić information content (AvgIpc) is 2.34.